The van der Waals surface area contributed by atoms with Crippen LogP contribution in [-0.2, 0) is 16.2 Å². The molecule has 1 aliphatic heterocycles. The van der Waals surface area contributed by atoms with Gasteiger partial charge in [0, 0.05) is 48.7 Å². The van der Waals surface area contributed by atoms with Gasteiger partial charge in [-0.15, -0.1) is 11.6 Å². The third kappa shape index (κ3) is 4.48. The molecule has 168 valence electrons. The zero-order valence-corrected chi connectivity index (χ0v) is 19.4. The van der Waals surface area contributed by atoms with E-state index in [0.717, 1.165) is 28.9 Å². The highest BCUT2D eigenvalue weighted by atomic mass is 35.5. The average Bonchev–Trinajstić information content (AvgIpc) is 3.19. The second kappa shape index (κ2) is 8.20. The molecule has 0 aliphatic carbocycles. The minimum atomic E-state index is -0.795. The normalized spacial score (nSPS) is 15.4. The molecule has 1 saturated heterocycles. The molecule has 1 amide bonds. The molecule has 3 aromatic rings. The van der Waals surface area contributed by atoms with Crippen molar-refractivity contribution in [2.45, 2.75) is 44.7 Å². The minimum absolute atomic E-state index is 0.302. The highest BCUT2D eigenvalue weighted by Crippen LogP contribution is 2.44. The summed E-state index contributed by atoms with van der Waals surface area (Å²) in [5.74, 6) is -0.302. The Bertz CT molecular complexity index is 1130. The summed E-state index contributed by atoms with van der Waals surface area (Å²) in [6.45, 7) is 8.87. The van der Waals surface area contributed by atoms with Crippen molar-refractivity contribution in [1.29, 1.82) is 0 Å². The van der Waals surface area contributed by atoms with Crippen molar-refractivity contribution in [2.24, 2.45) is 0 Å². The van der Waals surface area contributed by atoms with E-state index in [0.29, 0.717) is 18.8 Å². The van der Waals surface area contributed by atoms with Gasteiger partial charge in [-0.2, -0.15) is 5.10 Å². The Morgan fingerprint density at radius 3 is 2.47 bits per heavy atom. The molecule has 1 aliphatic rings. The number of hydrogen-bond acceptors (Lipinski definition) is 4. The Balaban J connectivity index is 1.69. The maximum Gasteiger partial charge on any atom is 0.410 e. The lowest BCUT2D eigenvalue weighted by Crippen LogP contribution is -2.59. The lowest BCUT2D eigenvalue weighted by atomic mass is 9.87. The van der Waals surface area contributed by atoms with Gasteiger partial charge in [-0.3, -0.25) is 9.67 Å². The third-order valence-corrected chi connectivity index (χ3v) is 5.74. The molecule has 6 nitrogen and oxygen atoms in total. The van der Waals surface area contributed by atoms with E-state index in [1.807, 2.05) is 50.7 Å². The molecular weight excluding hydrogens is 431 g/mol. The number of nitrogens with zero attached hydrogens (tertiary/aromatic N) is 4. The van der Waals surface area contributed by atoms with E-state index in [2.05, 4.69) is 10.1 Å². The Labute approximate surface area is 192 Å². The third-order valence-electron chi connectivity index (χ3n) is 5.30. The Kier molecular flexibility index (Phi) is 5.71. The summed E-state index contributed by atoms with van der Waals surface area (Å²) in [7, 11) is 0. The Morgan fingerprint density at radius 2 is 1.88 bits per heavy atom. The number of alkyl halides is 1. The van der Waals surface area contributed by atoms with Crippen LogP contribution in [0.15, 0.2) is 48.8 Å². The quantitative estimate of drug-likeness (QED) is 0.489. The zero-order chi connectivity index (χ0) is 23.1. The first-order chi connectivity index (χ1) is 15.1. The number of rotatable bonds is 4. The number of hydrogen-bond donors (Lipinski definition) is 0. The number of pyridine rings is 1. The summed E-state index contributed by atoms with van der Waals surface area (Å²) in [4.78, 5) is 17.8. The van der Waals surface area contributed by atoms with Gasteiger partial charge in [0.25, 0.3) is 0 Å². The summed E-state index contributed by atoms with van der Waals surface area (Å²) < 4.78 is 20.7. The highest BCUT2D eigenvalue weighted by Gasteiger charge is 2.48. The van der Waals surface area contributed by atoms with Crippen molar-refractivity contribution >= 4 is 17.7 Å². The second-order valence-corrected chi connectivity index (χ2v) is 9.70. The lowest BCUT2D eigenvalue weighted by molar-refractivity contribution is 0.00320. The van der Waals surface area contributed by atoms with Crippen LogP contribution in [0.25, 0.3) is 22.5 Å². The smallest absolute Gasteiger partial charge is 0.410 e. The van der Waals surface area contributed by atoms with Crippen LogP contribution in [0.3, 0.4) is 0 Å². The van der Waals surface area contributed by atoms with Crippen molar-refractivity contribution in [3.63, 3.8) is 0 Å². The van der Waals surface area contributed by atoms with Gasteiger partial charge in [0.05, 0.1) is 11.4 Å². The predicted molar refractivity (Wildman–Crippen MR) is 122 cm³/mol. The fourth-order valence-corrected chi connectivity index (χ4v) is 4.11. The molecule has 1 aromatic carbocycles. The number of carbonyl (C=O) groups excluding carboxylic acids is 1. The molecule has 0 unspecified atom stereocenters. The molecule has 4 rings (SSSR count). The first-order valence-electron chi connectivity index (χ1n) is 10.5. The van der Waals surface area contributed by atoms with Crippen molar-refractivity contribution in [2.75, 3.05) is 13.1 Å². The SMILES string of the molecule is CCn1ccc(-c2cc(-c3ccc(F)cc3)ncc2C2(Cl)CN(C(=O)OC(C)(C)C)C2)n1. The van der Waals surface area contributed by atoms with Crippen LogP contribution in [0.1, 0.15) is 33.3 Å². The highest BCUT2D eigenvalue weighted by molar-refractivity contribution is 6.26. The van der Waals surface area contributed by atoms with Crippen LogP contribution < -0.4 is 0 Å². The number of aryl methyl sites for hydroxylation is 1. The summed E-state index contributed by atoms with van der Waals surface area (Å²) in [6.07, 6.45) is 3.26. The molecule has 0 bridgehead atoms. The van der Waals surface area contributed by atoms with E-state index in [1.54, 1.807) is 23.2 Å². The Hall–Kier alpha value is -2.93. The van der Waals surface area contributed by atoms with Gasteiger partial charge in [-0.05, 0) is 64.1 Å². The first-order valence-corrected chi connectivity index (χ1v) is 10.9. The number of benzene rings is 1. The number of ether oxygens (including phenoxy) is 1. The molecule has 1 fully saturated rings. The van der Waals surface area contributed by atoms with Crippen LogP contribution in [0.4, 0.5) is 9.18 Å². The number of carbonyl (C=O) groups is 1. The van der Waals surface area contributed by atoms with E-state index in [-0.39, 0.29) is 11.9 Å². The van der Waals surface area contributed by atoms with Crippen LogP contribution in [0.2, 0.25) is 0 Å². The van der Waals surface area contributed by atoms with E-state index in [1.165, 1.54) is 12.1 Å². The molecule has 32 heavy (non-hydrogen) atoms. The predicted octanol–water partition coefficient (Wildman–Crippen LogP) is 5.46. The van der Waals surface area contributed by atoms with Gasteiger partial charge < -0.3 is 9.64 Å². The van der Waals surface area contributed by atoms with Crippen molar-refractivity contribution < 1.29 is 13.9 Å². The van der Waals surface area contributed by atoms with E-state index >= 15 is 0 Å². The molecule has 0 saturated carbocycles. The zero-order valence-electron chi connectivity index (χ0n) is 18.6. The maximum absolute atomic E-state index is 13.4. The monoisotopic (exact) mass is 456 g/mol. The molecule has 0 N–H and O–H groups in total. The number of likely N-dealkylation sites (tertiary alicyclic amines) is 1. The number of aromatic nitrogens is 3. The van der Waals surface area contributed by atoms with Crippen molar-refractivity contribution in [3.8, 4) is 22.5 Å². The summed E-state index contributed by atoms with van der Waals surface area (Å²) in [5, 5.41) is 4.65. The van der Waals surface area contributed by atoms with Gasteiger partial charge in [0.15, 0.2) is 0 Å². The second-order valence-electron chi connectivity index (χ2n) is 8.98. The number of amides is 1. The van der Waals surface area contributed by atoms with Crippen LogP contribution >= 0.6 is 11.6 Å². The standard InChI is InChI=1S/C24H26ClFN4O2/c1-5-30-11-10-20(28-30)18-12-21(16-6-8-17(26)9-7-16)27-13-19(18)24(25)14-29(15-24)22(31)32-23(2,3)4/h6-13H,5,14-15H2,1-4H3. The van der Waals surface area contributed by atoms with Crippen LogP contribution in [0, 0.1) is 5.82 Å². The maximum atomic E-state index is 13.4. The fraction of sp³-hybridized carbons (Fsp3) is 0.375. The van der Waals surface area contributed by atoms with Gasteiger partial charge in [-0.25, -0.2) is 9.18 Å². The van der Waals surface area contributed by atoms with Crippen LogP contribution in [0.5, 0.6) is 0 Å². The first kappa shape index (κ1) is 22.3. The van der Waals surface area contributed by atoms with Crippen molar-refractivity contribution in [1.82, 2.24) is 19.7 Å². The van der Waals surface area contributed by atoms with Gasteiger partial charge >= 0.3 is 6.09 Å². The molecule has 8 heteroatoms. The number of halogens is 2. The molecule has 2 aromatic heterocycles. The summed E-state index contributed by atoms with van der Waals surface area (Å²) >= 11 is 6.98. The van der Waals surface area contributed by atoms with E-state index < -0.39 is 10.5 Å². The minimum Gasteiger partial charge on any atom is -0.444 e. The molecule has 0 radical (unpaired) electrons. The van der Waals surface area contributed by atoms with E-state index in [4.69, 9.17) is 16.3 Å². The Morgan fingerprint density at radius 1 is 1.19 bits per heavy atom. The summed E-state index contributed by atoms with van der Waals surface area (Å²) in [6, 6.07) is 10.0. The lowest BCUT2D eigenvalue weighted by Gasteiger charge is -2.46. The van der Waals surface area contributed by atoms with Crippen molar-refractivity contribution in [3.05, 3.63) is 60.2 Å². The van der Waals surface area contributed by atoms with Gasteiger partial charge in [0.1, 0.15) is 16.3 Å². The molecule has 3 heterocycles. The largest absolute Gasteiger partial charge is 0.444 e. The van der Waals surface area contributed by atoms with E-state index in [9.17, 15) is 9.18 Å². The average molecular weight is 457 g/mol. The molecule has 0 atom stereocenters. The summed E-state index contributed by atoms with van der Waals surface area (Å²) in [5.41, 5.74) is 3.32. The van der Waals surface area contributed by atoms with Gasteiger partial charge in [0.2, 0.25) is 0 Å². The molecule has 0 spiro atoms. The topological polar surface area (TPSA) is 60.2 Å². The van der Waals surface area contributed by atoms with Gasteiger partial charge in [-0.1, -0.05) is 0 Å². The molecular formula is C24H26ClFN4O2. The van der Waals surface area contributed by atoms with Crippen LogP contribution in [-0.4, -0.2) is 44.4 Å². The fourth-order valence-electron chi connectivity index (χ4n) is 3.67.